The molecule has 1 amide bonds. The van der Waals surface area contributed by atoms with Crippen molar-refractivity contribution < 1.29 is 4.79 Å². The molecule has 1 aliphatic carbocycles. The van der Waals surface area contributed by atoms with Crippen LogP contribution in [0.2, 0.25) is 0 Å². The van der Waals surface area contributed by atoms with Gasteiger partial charge in [-0.05, 0) is 38.0 Å². The van der Waals surface area contributed by atoms with E-state index in [1.807, 2.05) is 11.8 Å². The number of amides is 1. The first kappa shape index (κ1) is 13.2. The van der Waals surface area contributed by atoms with Crippen LogP contribution in [-0.4, -0.2) is 47.5 Å². The fourth-order valence-corrected chi connectivity index (χ4v) is 3.52. The van der Waals surface area contributed by atoms with Gasteiger partial charge < -0.3 is 5.32 Å². The molecule has 1 saturated heterocycles. The highest BCUT2D eigenvalue weighted by molar-refractivity contribution is 7.99. The van der Waals surface area contributed by atoms with Crippen LogP contribution in [0, 0.1) is 0 Å². The minimum absolute atomic E-state index is 0.231. The third-order valence-corrected chi connectivity index (χ3v) is 4.61. The van der Waals surface area contributed by atoms with E-state index in [4.69, 9.17) is 0 Å². The van der Waals surface area contributed by atoms with Crippen LogP contribution in [0.25, 0.3) is 0 Å². The van der Waals surface area contributed by atoms with Crippen LogP contribution in [0.3, 0.4) is 0 Å². The van der Waals surface area contributed by atoms with Crippen molar-refractivity contribution in [2.75, 3.05) is 25.4 Å². The number of rotatable bonds is 5. The lowest BCUT2D eigenvalue weighted by atomic mass is 10.2. The summed E-state index contributed by atoms with van der Waals surface area (Å²) in [5.74, 6) is 1.42. The zero-order chi connectivity index (χ0) is 12.1. The fraction of sp³-hybridized carbons (Fsp3) is 0.923. The predicted octanol–water partition coefficient (Wildman–Crippen LogP) is 1.87. The quantitative estimate of drug-likeness (QED) is 0.815. The van der Waals surface area contributed by atoms with Gasteiger partial charge in [-0.15, -0.1) is 0 Å². The monoisotopic (exact) mass is 256 g/mol. The highest BCUT2D eigenvalue weighted by Crippen LogP contribution is 2.22. The SMILES string of the molecule is CCSC1CCCCN(CC(=O)NC2CC2)C1. The predicted molar refractivity (Wildman–Crippen MR) is 73.4 cm³/mol. The van der Waals surface area contributed by atoms with E-state index < -0.39 is 0 Å². The summed E-state index contributed by atoms with van der Waals surface area (Å²) in [6.45, 7) is 5.02. The largest absolute Gasteiger partial charge is 0.352 e. The van der Waals surface area contributed by atoms with Crippen molar-refractivity contribution in [1.29, 1.82) is 0 Å². The van der Waals surface area contributed by atoms with Crippen molar-refractivity contribution in [1.82, 2.24) is 10.2 Å². The summed E-state index contributed by atoms with van der Waals surface area (Å²) in [6.07, 6.45) is 6.25. The van der Waals surface area contributed by atoms with Gasteiger partial charge in [-0.25, -0.2) is 0 Å². The zero-order valence-corrected chi connectivity index (χ0v) is 11.6. The van der Waals surface area contributed by atoms with Gasteiger partial charge in [0.25, 0.3) is 0 Å². The highest BCUT2D eigenvalue weighted by Gasteiger charge is 2.25. The average Bonchev–Trinajstić information content (AvgIpc) is 3.07. The highest BCUT2D eigenvalue weighted by atomic mass is 32.2. The summed E-state index contributed by atoms with van der Waals surface area (Å²) in [7, 11) is 0. The molecule has 3 nitrogen and oxygen atoms in total. The first-order chi connectivity index (χ1) is 8.28. The molecule has 17 heavy (non-hydrogen) atoms. The number of carbonyl (C=O) groups is 1. The summed E-state index contributed by atoms with van der Waals surface area (Å²) in [6, 6.07) is 0.496. The standard InChI is InChI=1S/C13H24N2OS/c1-2-17-12-5-3-4-8-15(9-12)10-13(16)14-11-6-7-11/h11-12H,2-10H2,1H3,(H,14,16). The number of nitrogens with zero attached hydrogens (tertiary/aromatic N) is 1. The van der Waals surface area contributed by atoms with E-state index in [9.17, 15) is 4.79 Å². The molecule has 0 aromatic rings. The molecule has 1 saturated carbocycles. The number of hydrogen-bond donors (Lipinski definition) is 1. The van der Waals surface area contributed by atoms with E-state index in [1.165, 1.54) is 37.9 Å². The lowest BCUT2D eigenvalue weighted by molar-refractivity contribution is -0.122. The third kappa shape index (κ3) is 4.88. The minimum atomic E-state index is 0.231. The van der Waals surface area contributed by atoms with Gasteiger partial charge in [-0.2, -0.15) is 11.8 Å². The van der Waals surface area contributed by atoms with Crippen molar-refractivity contribution >= 4 is 17.7 Å². The molecule has 0 aromatic heterocycles. The topological polar surface area (TPSA) is 32.3 Å². The van der Waals surface area contributed by atoms with Crippen LogP contribution in [-0.2, 0) is 4.79 Å². The first-order valence-electron chi connectivity index (χ1n) is 6.91. The smallest absolute Gasteiger partial charge is 0.234 e. The Morgan fingerprint density at radius 2 is 2.18 bits per heavy atom. The molecule has 0 spiro atoms. The van der Waals surface area contributed by atoms with Crippen LogP contribution >= 0.6 is 11.8 Å². The van der Waals surface area contributed by atoms with Gasteiger partial charge in [-0.1, -0.05) is 13.3 Å². The van der Waals surface area contributed by atoms with Crippen LogP contribution in [0.15, 0.2) is 0 Å². The number of likely N-dealkylation sites (tertiary alicyclic amines) is 1. The number of nitrogens with one attached hydrogen (secondary N) is 1. The molecule has 1 N–H and O–H groups in total. The van der Waals surface area contributed by atoms with Crippen LogP contribution in [0.4, 0.5) is 0 Å². The lowest BCUT2D eigenvalue weighted by Crippen LogP contribution is -2.40. The van der Waals surface area contributed by atoms with Gasteiger partial charge >= 0.3 is 0 Å². The van der Waals surface area contributed by atoms with Gasteiger partial charge in [0, 0.05) is 17.8 Å². The van der Waals surface area contributed by atoms with E-state index in [0.717, 1.165) is 18.3 Å². The molecular weight excluding hydrogens is 232 g/mol. The molecule has 2 fully saturated rings. The Kier molecular flexibility index (Phi) is 5.16. The van der Waals surface area contributed by atoms with Crippen molar-refractivity contribution in [3.05, 3.63) is 0 Å². The number of hydrogen-bond acceptors (Lipinski definition) is 3. The Balaban J connectivity index is 1.74. The number of carbonyl (C=O) groups excluding carboxylic acids is 1. The van der Waals surface area contributed by atoms with Crippen LogP contribution in [0.1, 0.15) is 39.0 Å². The third-order valence-electron chi connectivity index (χ3n) is 3.42. The molecule has 0 radical (unpaired) electrons. The van der Waals surface area contributed by atoms with Crippen LogP contribution < -0.4 is 5.32 Å². The van der Waals surface area contributed by atoms with E-state index in [1.54, 1.807) is 0 Å². The molecular formula is C13H24N2OS. The fourth-order valence-electron chi connectivity index (χ4n) is 2.40. The second-order valence-electron chi connectivity index (χ2n) is 5.15. The Hall–Kier alpha value is -0.220. The molecule has 2 rings (SSSR count). The van der Waals surface area contributed by atoms with Crippen molar-refractivity contribution in [3.63, 3.8) is 0 Å². The zero-order valence-electron chi connectivity index (χ0n) is 10.8. The molecule has 1 heterocycles. The van der Waals surface area contributed by atoms with Crippen molar-refractivity contribution in [2.24, 2.45) is 0 Å². The average molecular weight is 256 g/mol. The Bertz CT molecular complexity index is 256. The summed E-state index contributed by atoms with van der Waals surface area (Å²) in [4.78, 5) is 14.1. The van der Waals surface area contributed by atoms with E-state index in [-0.39, 0.29) is 5.91 Å². The number of thioether (sulfide) groups is 1. The van der Waals surface area contributed by atoms with E-state index >= 15 is 0 Å². The molecule has 4 heteroatoms. The van der Waals surface area contributed by atoms with Gasteiger partial charge in [0.15, 0.2) is 0 Å². The maximum atomic E-state index is 11.8. The molecule has 0 bridgehead atoms. The van der Waals surface area contributed by atoms with Gasteiger partial charge in [-0.3, -0.25) is 9.69 Å². The molecule has 1 unspecified atom stereocenters. The van der Waals surface area contributed by atoms with Crippen molar-refractivity contribution in [3.8, 4) is 0 Å². The summed E-state index contributed by atoms with van der Waals surface area (Å²) < 4.78 is 0. The molecule has 2 aliphatic rings. The Labute approximate surface area is 109 Å². The van der Waals surface area contributed by atoms with Gasteiger partial charge in [0.1, 0.15) is 0 Å². The summed E-state index contributed by atoms with van der Waals surface area (Å²) in [5, 5.41) is 3.81. The van der Waals surface area contributed by atoms with E-state index in [2.05, 4.69) is 17.1 Å². The first-order valence-corrected chi connectivity index (χ1v) is 7.96. The normalized spacial score (nSPS) is 26.5. The molecule has 1 atom stereocenters. The van der Waals surface area contributed by atoms with Gasteiger partial charge in [0.05, 0.1) is 6.54 Å². The minimum Gasteiger partial charge on any atom is -0.352 e. The Morgan fingerprint density at radius 3 is 2.88 bits per heavy atom. The molecule has 0 aromatic carbocycles. The maximum absolute atomic E-state index is 11.8. The van der Waals surface area contributed by atoms with E-state index in [0.29, 0.717) is 12.6 Å². The Morgan fingerprint density at radius 1 is 1.35 bits per heavy atom. The molecule has 1 aliphatic heterocycles. The second kappa shape index (κ2) is 6.64. The second-order valence-corrected chi connectivity index (χ2v) is 6.73. The van der Waals surface area contributed by atoms with Gasteiger partial charge in [0.2, 0.25) is 5.91 Å². The maximum Gasteiger partial charge on any atom is 0.234 e. The van der Waals surface area contributed by atoms with Crippen molar-refractivity contribution in [2.45, 2.75) is 50.3 Å². The lowest BCUT2D eigenvalue weighted by Gasteiger charge is -2.23. The summed E-state index contributed by atoms with van der Waals surface area (Å²) in [5.41, 5.74) is 0. The molecule has 98 valence electrons. The summed E-state index contributed by atoms with van der Waals surface area (Å²) >= 11 is 2.05. The van der Waals surface area contributed by atoms with Crippen LogP contribution in [0.5, 0.6) is 0 Å².